The van der Waals surface area contributed by atoms with Crippen molar-refractivity contribution in [1.29, 1.82) is 0 Å². The van der Waals surface area contributed by atoms with E-state index in [1.54, 1.807) is 4.90 Å². The molecule has 1 saturated carbocycles. The van der Waals surface area contributed by atoms with Gasteiger partial charge in [-0.15, -0.1) is 0 Å². The standard InChI is InChI=1S/C33H43N3O7.C6H12O2/c1-31(2,3)15-21-12-22-24(16-33(10-7-11-33)42-28(22)34-17-21)36-18-27(41-30(36)38)23(35-29(37)43-32(4,5)6)13-20-8-9-25-26(14-20)40-19-39-25;1-3-4-5-8-6(2)7/h8-9,12,14,17,23-24,27H,7,10-11,13,15-16,18-19H2,1-6H3,(H,35,37);3-5H2,1-2H3. The van der Waals surface area contributed by atoms with Gasteiger partial charge in [0.05, 0.1) is 25.2 Å². The van der Waals surface area contributed by atoms with Crippen molar-refractivity contribution < 1.29 is 42.8 Å². The van der Waals surface area contributed by atoms with Crippen molar-refractivity contribution in [2.75, 3.05) is 19.9 Å². The summed E-state index contributed by atoms with van der Waals surface area (Å²) in [7, 11) is 0. The number of fused-ring (bicyclic) bond motifs is 2. The van der Waals surface area contributed by atoms with Crippen LogP contribution >= 0.6 is 0 Å². The summed E-state index contributed by atoms with van der Waals surface area (Å²) < 4.78 is 33.8. The van der Waals surface area contributed by atoms with Gasteiger partial charge in [0.2, 0.25) is 12.7 Å². The monoisotopic (exact) mass is 709 g/mol. The van der Waals surface area contributed by atoms with Gasteiger partial charge in [0.25, 0.3) is 0 Å². The summed E-state index contributed by atoms with van der Waals surface area (Å²) in [6.07, 6.45) is 7.31. The van der Waals surface area contributed by atoms with Gasteiger partial charge in [0.15, 0.2) is 11.5 Å². The lowest BCUT2D eigenvalue weighted by Crippen LogP contribution is -2.51. The van der Waals surface area contributed by atoms with Crippen LogP contribution in [0.5, 0.6) is 17.4 Å². The Bertz CT molecular complexity index is 1560. The molecule has 280 valence electrons. The van der Waals surface area contributed by atoms with Crippen molar-refractivity contribution in [2.24, 2.45) is 5.41 Å². The zero-order chi connectivity index (χ0) is 37.0. The molecule has 4 heterocycles. The van der Waals surface area contributed by atoms with Gasteiger partial charge >= 0.3 is 18.2 Å². The number of amides is 2. The Morgan fingerprint density at radius 3 is 2.47 bits per heavy atom. The molecule has 6 rings (SSSR count). The number of nitrogens with zero attached hydrogens (tertiary/aromatic N) is 2. The summed E-state index contributed by atoms with van der Waals surface area (Å²) >= 11 is 0. The molecule has 0 radical (unpaired) electrons. The number of unbranched alkanes of at least 4 members (excludes halogenated alkanes) is 1. The molecule has 1 saturated heterocycles. The van der Waals surface area contributed by atoms with Gasteiger partial charge < -0.3 is 33.7 Å². The van der Waals surface area contributed by atoms with E-state index in [2.05, 4.69) is 43.8 Å². The fraction of sp³-hybridized carbons (Fsp3) is 0.641. The molecule has 1 aromatic heterocycles. The van der Waals surface area contributed by atoms with E-state index in [1.165, 1.54) is 6.92 Å². The molecule has 0 bridgehead atoms. The highest BCUT2D eigenvalue weighted by molar-refractivity contribution is 5.72. The van der Waals surface area contributed by atoms with Crippen molar-refractivity contribution in [3.8, 4) is 17.4 Å². The van der Waals surface area contributed by atoms with Crippen LogP contribution in [0.1, 0.15) is 117 Å². The Morgan fingerprint density at radius 1 is 1.08 bits per heavy atom. The Hall–Kier alpha value is -4.22. The number of pyridine rings is 1. The number of ether oxygens (including phenoxy) is 6. The van der Waals surface area contributed by atoms with Crippen LogP contribution in [0.25, 0.3) is 0 Å². The number of rotatable bonds is 9. The molecule has 3 atom stereocenters. The zero-order valence-electron chi connectivity index (χ0n) is 31.5. The highest BCUT2D eigenvalue weighted by Crippen LogP contribution is 2.51. The van der Waals surface area contributed by atoms with E-state index >= 15 is 0 Å². The molecular formula is C39H55N3O9. The topological polar surface area (TPSA) is 135 Å². The number of esters is 1. The Balaban J connectivity index is 0.000000565. The number of hydrogen-bond acceptors (Lipinski definition) is 10. The van der Waals surface area contributed by atoms with Crippen molar-refractivity contribution in [2.45, 2.75) is 136 Å². The van der Waals surface area contributed by atoms with Crippen molar-refractivity contribution in [3.05, 3.63) is 47.2 Å². The predicted molar refractivity (Wildman–Crippen MR) is 190 cm³/mol. The molecule has 3 aliphatic heterocycles. The van der Waals surface area contributed by atoms with Crippen LogP contribution in [0.4, 0.5) is 9.59 Å². The van der Waals surface area contributed by atoms with Gasteiger partial charge in [-0.1, -0.05) is 40.2 Å². The summed E-state index contributed by atoms with van der Waals surface area (Å²) in [6.45, 7) is 16.6. The molecule has 3 unspecified atom stereocenters. The first-order chi connectivity index (χ1) is 24.0. The Labute approximate surface area is 301 Å². The van der Waals surface area contributed by atoms with Crippen molar-refractivity contribution >= 4 is 18.2 Å². The van der Waals surface area contributed by atoms with Crippen LogP contribution in [-0.4, -0.2) is 71.3 Å². The third-order valence-electron chi connectivity index (χ3n) is 9.26. The molecule has 1 spiro atoms. The molecule has 1 N–H and O–H groups in total. The minimum Gasteiger partial charge on any atom is -0.471 e. The molecule has 51 heavy (non-hydrogen) atoms. The van der Waals surface area contributed by atoms with Gasteiger partial charge in [-0.05, 0) is 94.0 Å². The van der Waals surface area contributed by atoms with Crippen LogP contribution in [0.2, 0.25) is 0 Å². The second-order valence-corrected chi connectivity index (χ2v) is 16.2. The number of carbonyl (C=O) groups excluding carboxylic acids is 3. The maximum absolute atomic E-state index is 13.6. The van der Waals surface area contributed by atoms with Crippen LogP contribution in [0.15, 0.2) is 30.5 Å². The highest BCUT2D eigenvalue weighted by Gasteiger charge is 2.51. The molecular weight excluding hydrogens is 654 g/mol. The molecule has 2 fully saturated rings. The molecule has 2 amide bonds. The highest BCUT2D eigenvalue weighted by atomic mass is 16.7. The van der Waals surface area contributed by atoms with E-state index in [1.807, 2.05) is 45.2 Å². The van der Waals surface area contributed by atoms with Crippen LogP contribution in [0.3, 0.4) is 0 Å². The van der Waals surface area contributed by atoms with E-state index in [0.29, 0.717) is 43.4 Å². The molecule has 4 aliphatic rings. The third kappa shape index (κ3) is 10.2. The number of hydrogen-bond donors (Lipinski definition) is 1. The first kappa shape index (κ1) is 38.0. The average molecular weight is 710 g/mol. The lowest BCUT2D eigenvalue weighted by molar-refractivity contribution is -0.141. The van der Waals surface area contributed by atoms with E-state index in [-0.39, 0.29) is 29.8 Å². The lowest BCUT2D eigenvalue weighted by atomic mass is 9.72. The first-order valence-corrected chi connectivity index (χ1v) is 18.2. The first-order valence-electron chi connectivity index (χ1n) is 18.2. The Morgan fingerprint density at radius 2 is 1.82 bits per heavy atom. The molecule has 12 nitrogen and oxygen atoms in total. The number of carbonyl (C=O) groups is 3. The maximum atomic E-state index is 13.6. The number of nitrogens with one attached hydrogen (secondary N) is 1. The molecule has 12 heteroatoms. The van der Waals surface area contributed by atoms with E-state index in [4.69, 9.17) is 28.7 Å². The fourth-order valence-electron chi connectivity index (χ4n) is 6.80. The summed E-state index contributed by atoms with van der Waals surface area (Å²) in [6, 6.07) is 7.07. The minimum absolute atomic E-state index is 0.0864. The average Bonchev–Trinajstić information content (AvgIpc) is 3.64. The summed E-state index contributed by atoms with van der Waals surface area (Å²) in [5.41, 5.74) is 2.05. The van der Waals surface area contributed by atoms with Gasteiger partial charge in [0, 0.05) is 25.1 Å². The Kier molecular flexibility index (Phi) is 11.6. The molecule has 2 aromatic rings. The van der Waals surface area contributed by atoms with Crippen LogP contribution < -0.4 is 19.5 Å². The van der Waals surface area contributed by atoms with Crippen LogP contribution in [-0.2, 0) is 31.8 Å². The van der Waals surface area contributed by atoms with E-state index in [0.717, 1.165) is 55.2 Å². The number of benzene rings is 1. The maximum Gasteiger partial charge on any atom is 0.410 e. The van der Waals surface area contributed by atoms with Gasteiger partial charge in [-0.2, -0.15) is 0 Å². The summed E-state index contributed by atoms with van der Waals surface area (Å²) in [5, 5.41) is 2.99. The zero-order valence-corrected chi connectivity index (χ0v) is 31.5. The number of cyclic esters (lactones) is 1. The predicted octanol–water partition coefficient (Wildman–Crippen LogP) is 7.45. The van der Waals surface area contributed by atoms with Crippen molar-refractivity contribution in [3.63, 3.8) is 0 Å². The van der Waals surface area contributed by atoms with Crippen LogP contribution in [0, 0.1) is 5.41 Å². The minimum atomic E-state index is -0.674. The second kappa shape index (κ2) is 15.6. The largest absolute Gasteiger partial charge is 0.471 e. The smallest absolute Gasteiger partial charge is 0.410 e. The normalized spacial score (nSPS) is 20.5. The van der Waals surface area contributed by atoms with Crippen molar-refractivity contribution in [1.82, 2.24) is 15.2 Å². The third-order valence-corrected chi connectivity index (χ3v) is 9.26. The lowest BCUT2D eigenvalue weighted by Gasteiger charge is -2.48. The second-order valence-electron chi connectivity index (χ2n) is 16.2. The van der Waals surface area contributed by atoms with E-state index in [9.17, 15) is 14.4 Å². The number of alkyl carbamates (subject to hydrolysis) is 1. The van der Waals surface area contributed by atoms with E-state index < -0.39 is 29.9 Å². The fourth-order valence-corrected chi connectivity index (χ4v) is 6.80. The van der Waals surface area contributed by atoms with Gasteiger partial charge in [0.1, 0.15) is 17.3 Å². The summed E-state index contributed by atoms with van der Waals surface area (Å²) in [5.74, 6) is 1.76. The SMILES string of the molecule is CC(C)(C)Cc1cnc2c(c1)C(N1CC(C(Cc3ccc4c(c3)OCO4)NC(=O)OC(C)(C)C)OC1=O)CC1(CCC1)O2.CCCCOC(C)=O. The van der Waals surface area contributed by atoms with Gasteiger partial charge in [-0.25, -0.2) is 14.6 Å². The van der Waals surface area contributed by atoms with Gasteiger partial charge in [-0.3, -0.25) is 9.69 Å². The molecule has 1 aromatic carbocycles. The number of aromatic nitrogens is 1. The summed E-state index contributed by atoms with van der Waals surface area (Å²) in [4.78, 5) is 43.2. The molecule has 1 aliphatic carbocycles. The quantitative estimate of drug-likeness (QED) is 0.159.